The number of ether oxygens (including phenoxy) is 1. The molecule has 2 amide bonds. The topological polar surface area (TPSA) is 71.8 Å². The summed E-state index contributed by atoms with van der Waals surface area (Å²) in [7, 11) is 0. The molecule has 1 aromatic heterocycles. The molecule has 2 heterocycles. The Morgan fingerprint density at radius 3 is 2.67 bits per heavy atom. The number of hydrogen-bond donors (Lipinski definition) is 1. The first-order chi connectivity index (χ1) is 14.2. The molecular weight excluding hydrogens is 380 g/mol. The summed E-state index contributed by atoms with van der Waals surface area (Å²) in [5.41, 5.74) is 1.27. The van der Waals surface area contributed by atoms with Gasteiger partial charge in [0.25, 0.3) is 5.91 Å². The third-order valence-corrected chi connectivity index (χ3v) is 5.12. The van der Waals surface area contributed by atoms with Gasteiger partial charge in [-0.05, 0) is 50.1 Å². The summed E-state index contributed by atoms with van der Waals surface area (Å²) >= 11 is 0. The Morgan fingerprint density at radius 1 is 1.17 bits per heavy atom. The first-order valence-electron chi connectivity index (χ1n) is 10.1. The van der Waals surface area contributed by atoms with Gasteiger partial charge in [0.05, 0.1) is 11.1 Å². The number of hydrogen-bond acceptors (Lipinski definition) is 4. The largest absolute Gasteiger partial charge is 0.490 e. The first-order valence-corrected chi connectivity index (χ1v) is 10.1. The lowest BCUT2D eigenvalue weighted by atomic mass is 9.92. The number of nitrogens with one attached hydrogen (secondary N) is 1. The average Bonchev–Trinajstić information content (AvgIpc) is 3.11. The van der Waals surface area contributed by atoms with Crippen molar-refractivity contribution < 1.29 is 18.7 Å². The highest BCUT2D eigenvalue weighted by molar-refractivity contribution is 6.05. The highest BCUT2D eigenvalue weighted by Crippen LogP contribution is 2.38. The monoisotopic (exact) mass is 406 g/mol. The molecule has 0 atom stereocenters. The van der Waals surface area contributed by atoms with Crippen molar-refractivity contribution in [3.8, 4) is 5.75 Å². The minimum atomic E-state index is -0.633. The van der Waals surface area contributed by atoms with Gasteiger partial charge in [0.1, 0.15) is 17.9 Å². The second-order valence-electron chi connectivity index (χ2n) is 8.77. The van der Waals surface area contributed by atoms with E-state index in [1.54, 1.807) is 29.2 Å². The molecule has 0 saturated heterocycles. The first kappa shape index (κ1) is 20.0. The number of nitrogens with zero attached hydrogens (tertiary/aromatic N) is 1. The van der Waals surface area contributed by atoms with Crippen LogP contribution in [0.25, 0.3) is 11.0 Å². The van der Waals surface area contributed by atoms with E-state index in [2.05, 4.69) is 19.2 Å². The lowest BCUT2D eigenvalue weighted by Gasteiger charge is -2.29. The minimum Gasteiger partial charge on any atom is -0.490 e. The fraction of sp³-hybridized carbons (Fsp3) is 0.333. The van der Waals surface area contributed by atoms with Crippen molar-refractivity contribution in [2.24, 2.45) is 11.3 Å². The Hall–Kier alpha value is -3.28. The third-order valence-electron chi connectivity index (χ3n) is 5.12. The van der Waals surface area contributed by atoms with E-state index in [1.807, 2.05) is 38.1 Å². The number of furan rings is 1. The Morgan fingerprint density at radius 2 is 1.93 bits per heavy atom. The van der Waals surface area contributed by atoms with Crippen LogP contribution in [0.15, 0.2) is 52.9 Å². The summed E-state index contributed by atoms with van der Waals surface area (Å²) in [6, 6.07) is 14.6. The van der Waals surface area contributed by atoms with Gasteiger partial charge in [-0.2, -0.15) is 0 Å². The van der Waals surface area contributed by atoms with Crippen LogP contribution in [0, 0.1) is 11.3 Å². The van der Waals surface area contributed by atoms with Crippen LogP contribution in [0.5, 0.6) is 5.75 Å². The van der Waals surface area contributed by atoms with Gasteiger partial charge in [0.15, 0.2) is 5.76 Å². The zero-order valence-corrected chi connectivity index (χ0v) is 17.7. The number of amides is 2. The summed E-state index contributed by atoms with van der Waals surface area (Å²) < 4.78 is 11.6. The molecule has 0 unspecified atom stereocenters. The lowest BCUT2D eigenvalue weighted by molar-refractivity contribution is -0.127. The third kappa shape index (κ3) is 3.77. The molecule has 3 aromatic rings. The van der Waals surface area contributed by atoms with Crippen molar-refractivity contribution in [1.82, 2.24) is 0 Å². The SMILES string of the molecule is CC(C)CN1C(=O)C(C)(C)COc2ccc(NC(=O)c3cc4ccccc4o3)cc21. The molecule has 1 aliphatic heterocycles. The van der Waals surface area contributed by atoms with Crippen LogP contribution in [0.2, 0.25) is 0 Å². The Labute approximate surface area is 175 Å². The van der Waals surface area contributed by atoms with Crippen LogP contribution in [-0.2, 0) is 4.79 Å². The molecule has 6 heteroatoms. The fourth-order valence-corrected chi connectivity index (χ4v) is 3.56. The molecule has 0 spiro atoms. The molecule has 4 rings (SSSR count). The van der Waals surface area contributed by atoms with Gasteiger partial charge in [0.2, 0.25) is 5.91 Å². The molecule has 6 nitrogen and oxygen atoms in total. The Balaban J connectivity index is 1.65. The zero-order chi connectivity index (χ0) is 21.5. The van der Waals surface area contributed by atoms with E-state index in [-0.39, 0.29) is 23.5 Å². The van der Waals surface area contributed by atoms with Gasteiger partial charge in [-0.25, -0.2) is 0 Å². The van der Waals surface area contributed by atoms with Gasteiger partial charge < -0.3 is 19.4 Å². The molecule has 0 aliphatic carbocycles. The van der Waals surface area contributed by atoms with E-state index < -0.39 is 5.41 Å². The highest BCUT2D eigenvalue weighted by Gasteiger charge is 2.38. The molecule has 0 saturated carbocycles. The van der Waals surface area contributed by atoms with E-state index in [1.165, 1.54) is 0 Å². The molecule has 0 radical (unpaired) electrons. The fourth-order valence-electron chi connectivity index (χ4n) is 3.56. The minimum absolute atomic E-state index is 0.00992. The van der Waals surface area contributed by atoms with Gasteiger partial charge in [-0.3, -0.25) is 9.59 Å². The number of fused-ring (bicyclic) bond motifs is 2. The van der Waals surface area contributed by atoms with Crippen LogP contribution in [0.1, 0.15) is 38.2 Å². The molecule has 1 aliphatic rings. The van der Waals surface area contributed by atoms with E-state index in [9.17, 15) is 9.59 Å². The maximum Gasteiger partial charge on any atom is 0.291 e. The molecule has 156 valence electrons. The maximum absolute atomic E-state index is 13.2. The molecule has 0 bridgehead atoms. The van der Waals surface area contributed by atoms with Crippen molar-refractivity contribution in [3.63, 3.8) is 0 Å². The maximum atomic E-state index is 13.2. The van der Waals surface area contributed by atoms with Crippen LogP contribution in [-0.4, -0.2) is 25.0 Å². The van der Waals surface area contributed by atoms with Crippen molar-refractivity contribution in [1.29, 1.82) is 0 Å². The number of rotatable bonds is 4. The summed E-state index contributed by atoms with van der Waals surface area (Å²) in [5.74, 6) is 0.818. The van der Waals surface area contributed by atoms with E-state index >= 15 is 0 Å². The molecule has 0 fully saturated rings. The van der Waals surface area contributed by atoms with Crippen LogP contribution < -0.4 is 15.0 Å². The zero-order valence-electron chi connectivity index (χ0n) is 17.7. The number of carbonyl (C=O) groups excluding carboxylic acids is 2. The number of para-hydroxylation sites is 1. The van der Waals surface area contributed by atoms with E-state index in [0.717, 1.165) is 5.39 Å². The number of carbonyl (C=O) groups is 2. The predicted molar refractivity (Wildman–Crippen MR) is 117 cm³/mol. The highest BCUT2D eigenvalue weighted by atomic mass is 16.5. The summed E-state index contributed by atoms with van der Waals surface area (Å²) in [5, 5.41) is 3.74. The van der Waals surface area contributed by atoms with Crippen LogP contribution in [0.3, 0.4) is 0 Å². The lowest BCUT2D eigenvalue weighted by Crippen LogP contribution is -2.43. The Kier molecular flexibility index (Phi) is 5.02. The Bertz CT molecular complexity index is 1080. The molecule has 30 heavy (non-hydrogen) atoms. The van der Waals surface area contributed by atoms with Gasteiger partial charge in [0, 0.05) is 17.6 Å². The van der Waals surface area contributed by atoms with Crippen molar-refractivity contribution in [2.75, 3.05) is 23.4 Å². The normalized spacial score (nSPS) is 15.6. The van der Waals surface area contributed by atoms with Crippen molar-refractivity contribution in [2.45, 2.75) is 27.7 Å². The van der Waals surface area contributed by atoms with E-state index in [4.69, 9.17) is 9.15 Å². The summed E-state index contributed by atoms with van der Waals surface area (Å²) in [6.07, 6.45) is 0. The predicted octanol–water partition coefficient (Wildman–Crippen LogP) is 5.09. The quantitative estimate of drug-likeness (QED) is 0.655. The van der Waals surface area contributed by atoms with Crippen molar-refractivity contribution >= 4 is 34.2 Å². The van der Waals surface area contributed by atoms with Gasteiger partial charge in [-0.15, -0.1) is 0 Å². The summed E-state index contributed by atoms with van der Waals surface area (Å²) in [4.78, 5) is 27.7. The molecule has 2 aromatic carbocycles. The average molecular weight is 406 g/mol. The number of benzene rings is 2. The molecular formula is C24H26N2O4. The standard InChI is InChI=1S/C24H26N2O4/c1-15(2)13-26-18-12-17(9-10-20(18)29-14-24(3,4)23(26)28)25-22(27)21-11-16-7-5-6-8-19(16)30-21/h5-12,15H,13-14H2,1-4H3,(H,25,27). The second-order valence-corrected chi connectivity index (χ2v) is 8.77. The van der Waals surface area contributed by atoms with E-state index in [0.29, 0.717) is 35.9 Å². The summed E-state index contributed by atoms with van der Waals surface area (Å²) in [6.45, 7) is 8.78. The second kappa shape index (κ2) is 7.52. The van der Waals surface area contributed by atoms with Crippen LogP contribution in [0.4, 0.5) is 11.4 Å². The van der Waals surface area contributed by atoms with Crippen LogP contribution >= 0.6 is 0 Å². The number of anilines is 2. The smallest absolute Gasteiger partial charge is 0.291 e. The van der Waals surface area contributed by atoms with Crippen molar-refractivity contribution in [3.05, 3.63) is 54.3 Å². The van der Waals surface area contributed by atoms with Gasteiger partial charge >= 0.3 is 0 Å². The van der Waals surface area contributed by atoms with Gasteiger partial charge in [-0.1, -0.05) is 32.0 Å². The molecule has 1 N–H and O–H groups in total.